The number of benzene rings is 2. The van der Waals surface area contributed by atoms with E-state index in [4.69, 9.17) is 0 Å². The molecule has 1 aliphatic rings. The molecule has 0 aromatic heterocycles. The molecular weight excluding hydrogens is 310 g/mol. The molecule has 3 rings (SSSR count). The molecule has 118 valence electrons. The van der Waals surface area contributed by atoms with E-state index >= 15 is 0 Å². The highest BCUT2D eigenvalue weighted by atomic mass is 32.2. The normalized spacial score (nSPS) is 18.2. The SMILES string of the molecule is Cc1ccc(S(=O)(=O)N2C(=O)CC=C[C@H]2c2ccccc2)cc1. The first-order valence-electron chi connectivity index (χ1n) is 7.36. The van der Waals surface area contributed by atoms with E-state index in [2.05, 4.69) is 0 Å². The van der Waals surface area contributed by atoms with Crippen molar-refractivity contribution in [1.82, 2.24) is 4.31 Å². The van der Waals surface area contributed by atoms with Crippen molar-refractivity contribution in [3.8, 4) is 0 Å². The summed E-state index contributed by atoms with van der Waals surface area (Å²) in [5.74, 6) is -0.415. The summed E-state index contributed by atoms with van der Waals surface area (Å²) >= 11 is 0. The largest absolute Gasteiger partial charge is 0.273 e. The Morgan fingerprint density at radius 2 is 1.65 bits per heavy atom. The van der Waals surface area contributed by atoms with Crippen LogP contribution >= 0.6 is 0 Å². The van der Waals surface area contributed by atoms with Gasteiger partial charge in [0, 0.05) is 6.42 Å². The number of carbonyl (C=O) groups is 1. The number of hydrogen-bond acceptors (Lipinski definition) is 3. The molecule has 0 radical (unpaired) electrons. The van der Waals surface area contributed by atoms with Gasteiger partial charge in [0.05, 0.1) is 10.9 Å². The molecule has 23 heavy (non-hydrogen) atoms. The second-order valence-corrected chi connectivity index (χ2v) is 7.31. The minimum absolute atomic E-state index is 0.0917. The third-order valence-corrected chi connectivity index (χ3v) is 5.64. The Hall–Kier alpha value is -2.40. The van der Waals surface area contributed by atoms with Gasteiger partial charge >= 0.3 is 0 Å². The van der Waals surface area contributed by atoms with E-state index in [0.29, 0.717) is 0 Å². The maximum Gasteiger partial charge on any atom is 0.267 e. The zero-order valence-electron chi connectivity index (χ0n) is 12.7. The second kappa shape index (κ2) is 6.01. The number of carbonyl (C=O) groups excluding carboxylic acids is 1. The zero-order chi connectivity index (χ0) is 16.4. The molecule has 0 unspecified atom stereocenters. The van der Waals surface area contributed by atoms with Crippen LogP contribution in [-0.4, -0.2) is 18.6 Å². The van der Waals surface area contributed by atoms with Crippen molar-refractivity contribution in [3.63, 3.8) is 0 Å². The minimum atomic E-state index is -3.89. The van der Waals surface area contributed by atoms with Crippen LogP contribution in [0.3, 0.4) is 0 Å². The average Bonchev–Trinajstić information content (AvgIpc) is 2.55. The summed E-state index contributed by atoms with van der Waals surface area (Å²) in [5, 5.41) is 0. The van der Waals surface area contributed by atoms with Gasteiger partial charge in [0.25, 0.3) is 10.0 Å². The van der Waals surface area contributed by atoms with Gasteiger partial charge < -0.3 is 0 Å². The number of nitrogens with zero attached hydrogens (tertiary/aromatic N) is 1. The van der Waals surface area contributed by atoms with Crippen molar-refractivity contribution >= 4 is 15.9 Å². The summed E-state index contributed by atoms with van der Waals surface area (Å²) in [5.41, 5.74) is 1.74. The fourth-order valence-corrected chi connectivity index (χ4v) is 4.17. The van der Waals surface area contributed by atoms with Crippen LogP contribution in [-0.2, 0) is 14.8 Å². The molecule has 0 aliphatic carbocycles. The van der Waals surface area contributed by atoms with Crippen LogP contribution in [0.1, 0.15) is 23.6 Å². The van der Waals surface area contributed by atoms with Gasteiger partial charge in [-0.15, -0.1) is 0 Å². The van der Waals surface area contributed by atoms with Crippen molar-refractivity contribution < 1.29 is 13.2 Å². The summed E-state index contributed by atoms with van der Waals surface area (Å²) < 4.78 is 26.9. The highest BCUT2D eigenvalue weighted by Gasteiger charge is 2.36. The fraction of sp³-hybridized carbons (Fsp3) is 0.167. The van der Waals surface area contributed by atoms with E-state index in [1.807, 2.05) is 37.3 Å². The molecule has 0 saturated carbocycles. The number of rotatable bonds is 3. The first-order valence-corrected chi connectivity index (χ1v) is 8.80. The topological polar surface area (TPSA) is 54.5 Å². The van der Waals surface area contributed by atoms with Gasteiger partial charge in [0.2, 0.25) is 5.91 Å². The molecule has 4 nitrogen and oxygen atoms in total. The van der Waals surface area contributed by atoms with Crippen LogP contribution in [0.5, 0.6) is 0 Å². The lowest BCUT2D eigenvalue weighted by Crippen LogP contribution is -2.40. The van der Waals surface area contributed by atoms with Crippen molar-refractivity contribution in [2.45, 2.75) is 24.3 Å². The molecule has 0 spiro atoms. The molecule has 2 aromatic carbocycles. The third kappa shape index (κ3) is 2.92. The molecule has 0 N–H and O–H groups in total. The summed E-state index contributed by atoms with van der Waals surface area (Å²) in [6.45, 7) is 1.89. The molecule has 2 aromatic rings. The van der Waals surface area contributed by atoms with Crippen molar-refractivity contribution in [1.29, 1.82) is 0 Å². The second-order valence-electron chi connectivity index (χ2n) is 5.50. The molecule has 1 heterocycles. The Morgan fingerprint density at radius 1 is 1.00 bits per heavy atom. The molecule has 1 amide bonds. The van der Waals surface area contributed by atoms with E-state index in [0.717, 1.165) is 15.4 Å². The Bertz CT molecular complexity index is 840. The monoisotopic (exact) mass is 327 g/mol. The van der Waals surface area contributed by atoms with Crippen molar-refractivity contribution in [2.24, 2.45) is 0 Å². The highest BCUT2D eigenvalue weighted by Crippen LogP contribution is 2.32. The molecule has 5 heteroatoms. The fourth-order valence-electron chi connectivity index (χ4n) is 2.63. The Kier molecular flexibility index (Phi) is 4.05. The average molecular weight is 327 g/mol. The lowest BCUT2D eigenvalue weighted by molar-refractivity contribution is -0.127. The maximum atomic E-state index is 13.0. The third-order valence-electron chi connectivity index (χ3n) is 3.83. The standard InChI is InChI=1S/C18H17NO3S/c1-14-10-12-16(13-11-14)23(21,22)19-17(8-5-9-18(19)20)15-6-3-2-4-7-15/h2-8,10-13,17H,9H2,1H3/t17-/m0/s1. The van der Waals surface area contributed by atoms with Crippen LogP contribution < -0.4 is 0 Å². The van der Waals surface area contributed by atoms with Gasteiger partial charge in [-0.1, -0.05) is 60.2 Å². The van der Waals surface area contributed by atoms with E-state index in [1.54, 1.807) is 36.4 Å². The number of hydrogen-bond donors (Lipinski definition) is 0. The number of sulfonamides is 1. The number of aryl methyl sites for hydroxylation is 1. The van der Waals surface area contributed by atoms with Crippen LogP contribution in [0.25, 0.3) is 0 Å². The van der Waals surface area contributed by atoms with Crippen molar-refractivity contribution in [2.75, 3.05) is 0 Å². The molecule has 1 atom stereocenters. The van der Waals surface area contributed by atoms with Gasteiger partial charge in [0.15, 0.2) is 0 Å². The van der Waals surface area contributed by atoms with E-state index < -0.39 is 22.0 Å². The predicted octanol–water partition coefficient (Wildman–Crippen LogP) is 3.21. The quantitative estimate of drug-likeness (QED) is 0.813. The van der Waals surface area contributed by atoms with Crippen LogP contribution in [0, 0.1) is 6.92 Å². The maximum absolute atomic E-state index is 13.0. The minimum Gasteiger partial charge on any atom is -0.273 e. The predicted molar refractivity (Wildman–Crippen MR) is 88.2 cm³/mol. The van der Waals surface area contributed by atoms with Gasteiger partial charge in [-0.3, -0.25) is 4.79 Å². The Labute approximate surface area is 136 Å². The Balaban J connectivity index is 2.08. The molecule has 1 aliphatic heterocycles. The van der Waals surface area contributed by atoms with E-state index in [9.17, 15) is 13.2 Å². The first-order chi connectivity index (χ1) is 11.0. The summed E-state index contributed by atoms with van der Waals surface area (Å²) in [7, 11) is -3.89. The van der Waals surface area contributed by atoms with Crippen LogP contribution in [0.4, 0.5) is 0 Å². The molecule has 0 fully saturated rings. The lowest BCUT2D eigenvalue weighted by Gasteiger charge is -2.31. The van der Waals surface area contributed by atoms with Crippen molar-refractivity contribution in [3.05, 3.63) is 77.9 Å². The summed E-state index contributed by atoms with van der Waals surface area (Å²) in [6, 6.07) is 15.1. The molecule has 0 saturated heterocycles. The van der Waals surface area contributed by atoms with E-state index in [1.165, 1.54) is 0 Å². The summed E-state index contributed by atoms with van der Waals surface area (Å²) in [6.07, 6.45) is 3.58. The summed E-state index contributed by atoms with van der Waals surface area (Å²) in [4.78, 5) is 12.5. The lowest BCUT2D eigenvalue weighted by atomic mass is 10.0. The Morgan fingerprint density at radius 3 is 2.30 bits per heavy atom. The van der Waals surface area contributed by atoms with Gasteiger partial charge in [-0.25, -0.2) is 12.7 Å². The van der Waals surface area contributed by atoms with Gasteiger partial charge in [-0.2, -0.15) is 0 Å². The highest BCUT2D eigenvalue weighted by molar-refractivity contribution is 7.89. The van der Waals surface area contributed by atoms with Crippen LogP contribution in [0.15, 0.2) is 71.6 Å². The molecule has 0 bridgehead atoms. The smallest absolute Gasteiger partial charge is 0.267 e. The first kappa shape index (κ1) is 15.5. The van der Waals surface area contributed by atoms with E-state index in [-0.39, 0.29) is 11.3 Å². The van der Waals surface area contributed by atoms with Gasteiger partial charge in [0.1, 0.15) is 0 Å². The zero-order valence-corrected chi connectivity index (χ0v) is 13.5. The van der Waals surface area contributed by atoms with Gasteiger partial charge in [-0.05, 0) is 24.6 Å². The van der Waals surface area contributed by atoms with Crippen LogP contribution in [0.2, 0.25) is 0 Å². The number of amides is 1. The molecular formula is C18H17NO3S.